The first-order valence-corrected chi connectivity index (χ1v) is 14.1. The van der Waals surface area contributed by atoms with Crippen LogP contribution < -0.4 is 0 Å². The van der Waals surface area contributed by atoms with Crippen LogP contribution in [0, 0.1) is 5.92 Å². The number of nitrogens with zero attached hydrogens (tertiary/aromatic N) is 1. The summed E-state index contributed by atoms with van der Waals surface area (Å²) in [6.45, 7) is 3.56. The number of carboxylic acid groups (broad SMARTS) is 1. The van der Waals surface area contributed by atoms with E-state index in [4.69, 9.17) is 5.11 Å². The zero-order valence-corrected chi connectivity index (χ0v) is 22.1. The summed E-state index contributed by atoms with van der Waals surface area (Å²) in [6.07, 6.45) is 31.3. The summed E-state index contributed by atoms with van der Waals surface area (Å²) in [7, 11) is 4.46. The first-order chi connectivity index (χ1) is 15.6. The summed E-state index contributed by atoms with van der Waals surface area (Å²) in [5.41, 5.74) is 0. The second-order valence-electron chi connectivity index (χ2n) is 10.2. The zero-order valence-electron chi connectivity index (χ0n) is 22.1. The Morgan fingerprint density at radius 3 is 1.59 bits per heavy atom. The lowest BCUT2D eigenvalue weighted by Gasteiger charge is -2.21. The highest BCUT2D eigenvalue weighted by Crippen LogP contribution is 2.20. The minimum absolute atomic E-state index is 0.292. The standard InChI is InChI=1S/C29H57NO2/c1-4-5-6-7-15-18-21-24-28(27-30(2)3)25-22-19-16-13-11-9-8-10-12-14-17-20-23-26-29(31)32/h14,17,28H,4-13,15-16,18-27H2,1-3H3,(H,31,32)/b17-14-. The maximum absolute atomic E-state index is 10.4. The SMILES string of the molecule is CCCCCCCCCC(CCCCCCCCCC/C=C\CCCC(=O)O)CN(C)C. The molecule has 1 unspecified atom stereocenters. The van der Waals surface area contributed by atoms with Gasteiger partial charge in [0.15, 0.2) is 0 Å². The van der Waals surface area contributed by atoms with Crippen LogP contribution in [0.25, 0.3) is 0 Å². The molecule has 190 valence electrons. The van der Waals surface area contributed by atoms with Crippen LogP contribution in [-0.2, 0) is 4.79 Å². The maximum Gasteiger partial charge on any atom is 0.303 e. The molecule has 0 spiro atoms. The van der Waals surface area contributed by atoms with Gasteiger partial charge in [0.1, 0.15) is 0 Å². The number of carboxylic acids is 1. The highest BCUT2D eigenvalue weighted by atomic mass is 16.4. The van der Waals surface area contributed by atoms with Crippen molar-refractivity contribution >= 4 is 5.97 Å². The van der Waals surface area contributed by atoms with Crippen LogP contribution in [0.3, 0.4) is 0 Å². The number of rotatable bonds is 25. The first-order valence-electron chi connectivity index (χ1n) is 14.1. The molecule has 3 heteroatoms. The van der Waals surface area contributed by atoms with Crippen LogP contribution in [0.5, 0.6) is 0 Å². The molecule has 1 atom stereocenters. The molecule has 0 aromatic rings. The van der Waals surface area contributed by atoms with E-state index in [0.717, 1.165) is 25.2 Å². The molecule has 0 heterocycles. The summed E-state index contributed by atoms with van der Waals surface area (Å²) < 4.78 is 0. The van der Waals surface area contributed by atoms with Crippen molar-refractivity contribution in [3.05, 3.63) is 12.2 Å². The van der Waals surface area contributed by atoms with Crippen molar-refractivity contribution in [1.82, 2.24) is 4.90 Å². The molecule has 0 aliphatic heterocycles. The smallest absolute Gasteiger partial charge is 0.303 e. The van der Waals surface area contributed by atoms with Gasteiger partial charge in [-0.1, -0.05) is 109 Å². The zero-order chi connectivity index (χ0) is 23.7. The fourth-order valence-electron chi connectivity index (χ4n) is 4.60. The average Bonchev–Trinajstić information content (AvgIpc) is 2.75. The van der Waals surface area contributed by atoms with E-state index in [1.54, 1.807) is 0 Å². The molecule has 0 saturated heterocycles. The minimum Gasteiger partial charge on any atom is -0.481 e. The molecule has 0 aromatic heterocycles. The Hall–Kier alpha value is -0.830. The fourth-order valence-corrected chi connectivity index (χ4v) is 4.60. The lowest BCUT2D eigenvalue weighted by molar-refractivity contribution is -0.137. The second-order valence-corrected chi connectivity index (χ2v) is 10.2. The van der Waals surface area contributed by atoms with Gasteiger partial charge in [-0.05, 0) is 58.5 Å². The van der Waals surface area contributed by atoms with Crippen molar-refractivity contribution in [1.29, 1.82) is 0 Å². The Morgan fingerprint density at radius 2 is 1.12 bits per heavy atom. The molecule has 0 radical (unpaired) electrons. The van der Waals surface area contributed by atoms with Crippen molar-refractivity contribution in [3.63, 3.8) is 0 Å². The molecule has 0 saturated carbocycles. The average molecular weight is 452 g/mol. The van der Waals surface area contributed by atoms with E-state index in [1.807, 2.05) is 0 Å². The molecule has 0 aromatic carbocycles. The molecular formula is C29H57NO2. The summed E-state index contributed by atoms with van der Waals surface area (Å²) in [5, 5.41) is 8.60. The quantitative estimate of drug-likeness (QED) is 0.111. The number of aliphatic carboxylic acids is 1. The van der Waals surface area contributed by atoms with Gasteiger partial charge >= 0.3 is 5.97 Å². The van der Waals surface area contributed by atoms with Crippen molar-refractivity contribution in [3.8, 4) is 0 Å². The number of hydrogen-bond donors (Lipinski definition) is 1. The van der Waals surface area contributed by atoms with E-state index in [2.05, 4.69) is 38.1 Å². The molecule has 0 bridgehead atoms. The highest BCUT2D eigenvalue weighted by Gasteiger charge is 2.09. The summed E-state index contributed by atoms with van der Waals surface area (Å²) in [4.78, 5) is 12.8. The molecule has 0 aliphatic carbocycles. The van der Waals surface area contributed by atoms with E-state index in [1.165, 1.54) is 116 Å². The number of allylic oxidation sites excluding steroid dienone is 2. The molecule has 0 amide bonds. The lowest BCUT2D eigenvalue weighted by atomic mass is 9.93. The predicted molar refractivity (Wildman–Crippen MR) is 141 cm³/mol. The number of hydrogen-bond acceptors (Lipinski definition) is 2. The third-order valence-electron chi connectivity index (χ3n) is 6.50. The summed E-state index contributed by atoms with van der Waals surface area (Å²) in [5.74, 6) is 0.216. The summed E-state index contributed by atoms with van der Waals surface area (Å²) in [6, 6.07) is 0. The maximum atomic E-state index is 10.4. The third kappa shape index (κ3) is 25.4. The Morgan fingerprint density at radius 1 is 0.688 bits per heavy atom. The topological polar surface area (TPSA) is 40.5 Å². The highest BCUT2D eigenvalue weighted by molar-refractivity contribution is 5.66. The van der Waals surface area contributed by atoms with Crippen LogP contribution in [-0.4, -0.2) is 36.6 Å². The van der Waals surface area contributed by atoms with Gasteiger partial charge in [0.25, 0.3) is 0 Å². The molecular weight excluding hydrogens is 394 g/mol. The second kappa shape index (κ2) is 24.8. The predicted octanol–water partition coefficient (Wildman–Crippen LogP) is 9.02. The Bertz CT molecular complexity index is 419. The van der Waals surface area contributed by atoms with Crippen LogP contribution >= 0.6 is 0 Å². The van der Waals surface area contributed by atoms with Crippen molar-refractivity contribution < 1.29 is 9.90 Å². The number of unbranched alkanes of at least 4 members (excludes halogenated alkanes) is 15. The van der Waals surface area contributed by atoms with Crippen LogP contribution in [0.2, 0.25) is 0 Å². The van der Waals surface area contributed by atoms with Crippen LogP contribution in [0.4, 0.5) is 0 Å². The van der Waals surface area contributed by atoms with Crippen molar-refractivity contribution in [2.45, 2.75) is 142 Å². The van der Waals surface area contributed by atoms with Gasteiger partial charge in [-0.15, -0.1) is 0 Å². The number of carbonyl (C=O) groups is 1. The minimum atomic E-state index is -0.685. The lowest BCUT2D eigenvalue weighted by Crippen LogP contribution is -2.21. The van der Waals surface area contributed by atoms with Gasteiger partial charge in [0, 0.05) is 13.0 Å². The molecule has 0 rings (SSSR count). The van der Waals surface area contributed by atoms with Crippen molar-refractivity contribution in [2.75, 3.05) is 20.6 Å². The normalized spacial score (nSPS) is 12.8. The molecule has 0 aliphatic rings. The molecule has 32 heavy (non-hydrogen) atoms. The van der Waals surface area contributed by atoms with Gasteiger partial charge in [-0.2, -0.15) is 0 Å². The molecule has 1 N–H and O–H groups in total. The van der Waals surface area contributed by atoms with E-state index >= 15 is 0 Å². The van der Waals surface area contributed by atoms with E-state index in [0.29, 0.717) is 6.42 Å². The Balaban J connectivity index is 3.52. The van der Waals surface area contributed by atoms with Gasteiger partial charge in [-0.25, -0.2) is 0 Å². The third-order valence-corrected chi connectivity index (χ3v) is 6.50. The van der Waals surface area contributed by atoms with Crippen LogP contribution in [0.15, 0.2) is 12.2 Å². The summed E-state index contributed by atoms with van der Waals surface area (Å²) >= 11 is 0. The van der Waals surface area contributed by atoms with E-state index in [9.17, 15) is 4.79 Å². The first kappa shape index (κ1) is 31.2. The largest absolute Gasteiger partial charge is 0.481 e. The van der Waals surface area contributed by atoms with Crippen LogP contribution in [0.1, 0.15) is 142 Å². The van der Waals surface area contributed by atoms with Gasteiger partial charge in [0.05, 0.1) is 0 Å². The Kier molecular flexibility index (Phi) is 24.2. The Labute approximate surface area is 201 Å². The molecule has 3 nitrogen and oxygen atoms in total. The van der Waals surface area contributed by atoms with Gasteiger partial charge in [0.2, 0.25) is 0 Å². The molecule has 0 fully saturated rings. The van der Waals surface area contributed by atoms with E-state index in [-0.39, 0.29) is 0 Å². The van der Waals surface area contributed by atoms with Gasteiger partial charge < -0.3 is 10.0 Å². The monoisotopic (exact) mass is 451 g/mol. The van der Waals surface area contributed by atoms with E-state index < -0.39 is 5.97 Å². The van der Waals surface area contributed by atoms with Gasteiger partial charge in [-0.3, -0.25) is 4.79 Å². The fraction of sp³-hybridized carbons (Fsp3) is 0.897. The van der Waals surface area contributed by atoms with Crippen molar-refractivity contribution in [2.24, 2.45) is 5.92 Å².